The van der Waals surface area contributed by atoms with Crippen molar-refractivity contribution < 1.29 is 14.3 Å². The van der Waals surface area contributed by atoms with E-state index in [0.29, 0.717) is 5.69 Å². The number of hydrogen-bond acceptors (Lipinski definition) is 3. The first kappa shape index (κ1) is 16.0. The molecule has 2 amide bonds. The molecule has 2 aromatic carbocycles. The number of nitrogens with one attached hydrogen (secondary N) is 1. The summed E-state index contributed by atoms with van der Waals surface area (Å²) >= 11 is 0. The maximum atomic E-state index is 13.2. The minimum Gasteiger partial charge on any atom is -0.350 e. The van der Waals surface area contributed by atoms with Gasteiger partial charge in [-0.15, -0.1) is 0 Å². The fourth-order valence-corrected chi connectivity index (χ4v) is 2.78. The van der Waals surface area contributed by atoms with Crippen molar-refractivity contribution in [2.24, 2.45) is 0 Å². The minimum atomic E-state index is -1.46. The number of carbonyl (C=O) groups excluding carboxylic acids is 2. The molecule has 0 bridgehead atoms. The highest BCUT2D eigenvalue weighted by atomic mass is 16.5. The lowest BCUT2D eigenvalue weighted by Gasteiger charge is -2.41. The van der Waals surface area contributed by atoms with Gasteiger partial charge in [-0.25, -0.2) is 0 Å². The second-order valence-electron chi connectivity index (χ2n) is 5.57. The Morgan fingerprint density at radius 3 is 2.21 bits per heavy atom. The monoisotopic (exact) mass is 322 g/mol. The summed E-state index contributed by atoms with van der Waals surface area (Å²) in [6.07, 6.45) is 0.228. The number of para-hydroxylation sites is 1. The molecular weight excluding hydrogens is 304 g/mol. The van der Waals surface area contributed by atoms with Crippen LogP contribution < -0.4 is 10.2 Å². The van der Waals surface area contributed by atoms with E-state index in [1.807, 2.05) is 36.4 Å². The Labute approximate surface area is 140 Å². The van der Waals surface area contributed by atoms with Crippen LogP contribution in [0.1, 0.15) is 5.56 Å². The molecule has 1 atom stereocenters. The normalized spacial score (nSPS) is 20.9. The molecule has 122 valence electrons. The average Bonchev–Trinajstić information content (AvgIpc) is 2.62. The van der Waals surface area contributed by atoms with Crippen LogP contribution in [0.3, 0.4) is 0 Å². The summed E-state index contributed by atoms with van der Waals surface area (Å²) < 4.78 is 5.50. The summed E-state index contributed by atoms with van der Waals surface area (Å²) in [4.78, 5) is 26.9. The van der Waals surface area contributed by atoms with Crippen molar-refractivity contribution in [1.82, 2.24) is 5.32 Å². The molecule has 0 spiro atoms. The first-order chi connectivity index (χ1) is 11.6. The van der Waals surface area contributed by atoms with Crippen LogP contribution in [0.4, 0.5) is 5.69 Å². The third kappa shape index (κ3) is 2.70. The van der Waals surface area contributed by atoms with Gasteiger partial charge in [-0.1, -0.05) is 55.1 Å². The van der Waals surface area contributed by atoms with E-state index >= 15 is 0 Å². The van der Waals surface area contributed by atoms with E-state index in [1.54, 1.807) is 24.3 Å². The molecule has 0 radical (unpaired) electrons. The highest BCUT2D eigenvalue weighted by Crippen LogP contribution is 2.29. The van der Waals surface area contributed by atoms with Gasteiger partial charge in [-0.05, 0) is 17.7 Å². The van der Waals surface area contributed by atoms with E-state index in [0.717, 1.165) is 5.56 Å². The van der Waals surface area contributed by atoms with Crippen LogP contribution in [-0.4, -0.2) is 24.6 Å². The Morgan fingerprint density at radius 2 is 1.62 bits per heavy atom. The molecule has 2 aromatic rings. The van der Waals surface area contributed by atoms with E-state index in [-0.39, 0.29) is 18.0 Å². The molecule has 5 heteroatoms. The Balaban J connectivity index is 2.02. The number of rotatable bonds is 4. The predicted molar refractivity (Wildman–Crippen MR) is 91.1 cm³/mol. The van der Waals surface area contributed by atoms with E-state index in [9.17, 15) is 9.59 Å². The van der Waals surface area contributed by atoms with Crippen LogP contribution in [0.25, 0.3) is 0 Å². The average molecular weight is 322 g/mol. The molecule has 5 nitrogen and oxygen atoms in total. The van der Waals surface area contributed by atoms with Crippen molar-refractivity contribution in [2.75, 3.05) is 12.0 Å². The van der Waals surface area contributed by atoms with Crippen LogP contribution in [0.15, 0.2) is 72.9 Å². The number of ether oxygens (including phenoxy) is 1. The molecule has 1 N–H and O–H groups in total. The van der Waals surface area contributed by atoms with Gasteiger partial charge < -0.3 is 10.1 Å². The van der Waals surface area contributed by atoms with Crippen LogP contribution >= 0.6 is 0 Å². The number of benzene rings is 2. The third-order valence-electron chi connectivity index (χ3n) is 4.05. The maximum Gasteiger partial charge on any atom is 0.285 e. The quantitative estimate of drug-likeness (QED) is 0.878. The Hall–Kier alpha value is -2.92. The number of piperazine rings is 1. The molecule has 1 fully saturated rings. The highest BCUT2D eigenvalue weighted by molar-refractivity contribution is 6.16. The van der Waals surface area contributed by atoms with Gasteiger partial charge in [-0.3, -0.25) is 14.5 Å². The van der Waals surface area contributed by atoms with Gasteiger partial charge in [0.1, 0.15) is 5.70 Å². The van der Waals surface area contributed by atoms with E-state index < -0.39 is 11.6 Å². The van der Waals surface area contributed by atoms with Crippen LogP contribution in [-0.2, 0) is 20.7 Å². The highest BCUT2D eigenvalue weighted by Gasteiger charge is 2.49. The van der Waals surface area contributed by atoms with Gasteiger partial charge in [0.25, 0.3) is 11.8 Å². The molecular formula is C19H18N2O3. The SMILES string of the molecule is C=C1C(=O)NC(Cc2ccccc2)(OC)C(=O)N1c1ccccc1. The first-order valence-electron chi connectivity index (χ1n) is 7.57. The zero-order chi connectivity index (χ0) is 17.2. The van der Waals surface area contributed by atoms with Gasteiger partial charge in [0.05, 0.1) is 0 Å². The molecule has 1 aliphatic rings. The van der Waals surface area contributed by atoms with Gasteiger partial charge in [0.15, 0.2) is 0 Å². The summed E-state index contributed by atoms with van der Waals surface area (Å²) in [5, 5.41) is 2.68. The molecule has 0 aromatic heterocycles. The zero-order valence-electron chi connectivity index (χ0n) is 13.4. The number of nitrogens with zero attached hydrogens (tertiary/aromatic N) is 1. The number of anilines is 1. The van der Waals surface area contributed by atoms with Crippen molar-refractivity contribution in [3.8, 4) is 0 Å². The summed E-state index contributed by atoms with van der Waals surface area (Å²) in [5.41, 5.74) is 0.0763. The number of methoxy groups -OCH3 is 1. The number of amides is 2. The summed E-state index contributed by atoms with van der Waals surface area (Å²) in [6.45, 7) is 3.75. The predicted octanol–water partition coefficient (Wildman–Crippen LogP) is 2.25. The third-order valence-corrected chi connectivity index (χ3v) is 4.05. The molecule has 0 aliphatic carbocycles. The van der Waals surface area contributed by atoms with Crippen LogP contribution in [0.5, 0.6) is 0 Å². The Bertz CT molecular complexity index is 774. The van der Waals surface area contributed by atoms with Gasteiger partial charge in [0.2, 0.25) is 5.72 Å². The van der Waals surface area contributed by atoms with Crippen LogP contribution in [0, 0.1) is 0 Å². The van der Waals surface area contributed by atoms with Gasteiger partial charge in [0, 0.05) is 19.2 Å². The van der Waals surface area contributed by atoms with Gasteiger partial charge >= 0.3 is 0 Å². The van der Waals surface area contributed by atoms with E-state index in [4.69, 9.17) is 4.74 Å². The number of hydrogen-bond donors (Lipinski definition) is 1. The Kier molecular flexibility index (Phi) is 4.18. The summed E-state index contributed by atoms with van der Waals surface area (Å²) in [6, 6.07) is 18.4. The zero-order valence-corrected chi connectivity index (χ0v) is 13.4. The lowest BCUT2D eigenvalue weighted by molar-refractivity contribution is -0.153. The fourth-order valence-electron chi connectivity index (χ4n) is 2.78. The van der Waals surface area contributed by atoms with E-state index in [2.05, 4.69) is 11.9 Å². The second-order valence-corrected chi connectivity index (χ2v) is 5.57. The van der Waals surface area contributed by atoms with Crippen molar-refractivity contribution in [3.05, 3.63) is 78.5 Å². The van der Waals surface area contributed by atoms with E-state index in [1.165, 1.54) is 12.0 Å². The molecule has 24 heavy (non-hydrogen) atoms. The largest absolute Gasteiger partial charge is 0.350 e. The molecule has 1 saturated heterocycles. The summed E-state index contributed by atoms with van der Waals surface area (Å²) in [5.74, 6) is -0.805. The fraction of sp³-hybridized carbons (Fsp3) is 0.158. The molecule has 3 rings (SSSR count). The number of carbonyl (C=O) groups is 2. The van der Waals surface area contributed by atoms with Gasteiger partial charge in [-0.2, -0.15) is 0 Å². The van der Waals surface area contributed by atoms with Crippen molar-refractivity contribution in [3.63, 3.8) is 0 Å². The van der Waals surface area contributed by atoms with Crippen LogP contribution in [0.2, 0.25) is 0 Å². The lowest BCUT2D eigenvalue weighted by Crippen LogP contribution is -2.67. The molecule has 1 aliphatic heterocycles. The minimum absolute atomic E-state index is 0.0759. The summed E-state index contributed by atoms with van der Waals surface area (Å²) in [7, 11) is 1.42. The second kappa shape index (κ2) is 6.29. The van der Waals surface area contributed by atoms with Crippen molar-refractivity contribution in [2.45, 2.75) is 12.1 Å². The van der Waals surface area contributed by atoms with Crippen molar-refractivity contribution in [1.29, 1.82) is 0 Å². The molecule has 1 heterocycles. The molecule has 0 saturated carbocycles. The lowest BCUT2D eigenvalue weighted by atomic mass is 9.97. The smallest absolute Gasteiger partial charge is 0.285 e. The Morgan fingerprint density at radius 1 is 1.04 bits per heavy atom. The van der Waals surface area contributed by atoms with Crippen molar-refractivity contribution >= 4 is 17.5 Å². The topological polar surface area (TPSA) is 58.6 Å². The first-order valence-corrected chi connectivity index (χ1v) is 7.57. The standard InChI is InChI=1S/C19H18N2O3/c1-14-17(22)20-19(24-2,13-15-9-5-3-6-10-15)18(23)21(14)16-11-7-4-8-12-16/h3-12H,1,13H2,2H3,(H,20,22). The maximum absolute atomic E-state index is 13.2. The molecule has 1 unspecified atom stereocenters.